The van der Waals surface area contributed by atoms with Crippen molar-refractivity contribution >= 4 is 23.7 Å². The third-order valence-corrected chi connectivity index (χ3v) is 6.46. The number of ether oxygens (including phenoxy) is 3. The molecule has 222 valence electrons. The Labute approximate surface area is 248 Å². The van der Waals surface area contributed by atoms with Gasteiger partial charge in [0, 0.05) is 12.2 Å². The molecule has 0 saturated carbocycles. The molecule has 1 heterocycles. The fourth-order valence-electron chi connectivity index (χ4n) is 4.68. The Morgan fingerprint density at radius 1 is 0.833 bits per heavy atom. The van der Waals surface area contributed by atoms with Crippen LogP contribution >= 0.6 is 0 Å². The maximum atomic E-state index is 13.7. The van der Waals surface area contributed by atoms with Crippen molar-refractivity contribution in [2.45, 2.75) is 78.2 Å². The fraction of sp³-hybridized carbons (Fsp3) is 0.382. The number of nitrogens with zero attached hydrogens (tertiary/aromatic N) is 1. The molecule has 0 radical (unpaired) electrons. The Balaban J connectivity index is 1.43. The number of nitrogens with one attached hydrogen (secondary N) is 1. The summed E-state index contributed by atoms with van der Waals surface area (Å²) in [5.41, 5.74) is 3.55. The normalized spacial score (nSPS) is 13.6. The van der Waals surface area contributed by atoms with E-state index in [4.69, 9.17) is 14.2 Å². The van der Waals surface area contributed by atoms with Crippen LogP contribution in [0.4, 0.5) is 10.5 Å². The molecule has 1 aliphatic rings. The van der Waals surface area contributed by atoms with Gasteiger partial charge in [0.1, 0.15) is 29.6 Å². The quantitative estimate of drug-likeness (QED) is 0.312. The van der Waals surface area contributed by atoms with Crippen LogP contribution in [0.3, 0.4) is 0 Å². The van der Waals surface area contributed by atoms with E-state index in [-0.39, 0.29) is 6.42 Å². The molecular weight excluding hydrogens is 532 g/mol. The number of fused-ring (bicyclic) bond motifs is 1. The van der Waals surface area contributed by atoms with Gasteiger partial charge in [-0.3, -0.25) is 9.59 Å². The summed E-state index contributed by atoms with van der Waals surface area (Å²) >= 11 is 0. The molecule has 42 heavy (non-hydrogen) atoms. The smallest absolute Gasteiger partial charge is 0.408 e. The number of carbonyl (C=O) groups excluding carboxylic acids is 3. The highest BCUT2D eigenvalue weighted by molar-refractivity contribution is 6.02. The number of rotatable bonds is 8. The van der Waals surface area contributed by atoms with E-state index in [1.807, 2.05) is 36.4 Å². The third kappa shape index (κ3) is 8.59. The standard InChI is InChI=1S/C34H40N2O6/c1-33(2,3)41-30(37)21-28(35-32(39)42-34(4,5)6)31(38)36-19-18-26-20-27(16-17-29(26)36)40-22-23-12-14-25(15-13-23)24-10-8-7-9-11-24/h7-17,20,28H,18-19,21-22H2,1-6H3,(H,35,39)/t28-/m1/s1. The maximum Gasteiger partial charge on any atom is 0.408 e. The van der Waals surface area contributed by atoms with E-state index in [1.165, 1.54) is 0 Å². The lowest BCUT2D eigenvalue weighted by molar-refractivity contribution is -0.156. The second-order valence-electron chi connectivity index (χ2n) is 12.4. The van der Waals surface area contributed by atoms with Crippen LogP contribution in [0.1, 0.15) is 59.1 Å². The van der Waals surface area contributed by atoms with Crippen LogP contribution in [0.15, 0.2) is 72.8 Å². The summed E-state index contributed by atoms with van der Waals surface area (Å²) in [6.45, 7) is 11.3. The minimum Gasteiger partial charge on any atom is -0.489 e. The van der Waals surface area contributed by atoms with Gasteiger partial charge in [-0.15, -0.1) is 0 Å². The van der Waals surface area contributed by atoms with E-state index in [9.17, 15) is 14.4 Å². The fourth-order valence-corrected chi connectivity index (χ4v) is 4.68. The highest BCUT2D eigenvalue weighted by Gasteiger charge is 2.35. The molecular formula is C34H40N2O6. The Morgan fingerprint density at radius 3 is 2.12 bits per heavy atom. The van der Waals surface area contributed by atoms with Crippen molar-refractivity contribution < 1.29 is 28.6 Å². The number of benzene rings is 3. The minimum absolute atomic E-state index is 0.314. The van der Waals surface area contributed by atoms with Gasteiger partial charge in [-0.1, -0.05) is 54.6 Å². The Bertz CT molecular complexity index is 1370. The van der Waals surface area contributed by atoms with E-state index < -0.39 is 35.2 Å². The molecule has 0 fully saturated rings. The van der Waals surface area contributed by atoms with Crippen LogP contribution in [-0.4, -0.2) is 41.8 Å². The van der Waals surface area contributed by atoms with Crippen LogP contribution < -0.4 is 15.0 Å². The number of anilines is 1. The van der Waals surface area contributed by atoms with Gasteiger partial charge in [-0.05, 0) is 88.4 Å². The van der Waals surface area contributed by atoms with Gasteiger partial charge in [0.2, 0.25) is 5.91 Å². The topological polar surface area (TPSA) is 94.2 Å². The Kier molecular flexibility index (Phi) is 9.24. The summed E-state index contributed by atoms with van der Waals surface area (Å²) in [4.78, 5) is 40.4. The molecule has 4 rings (SSSR count). The van der Waals surface area contributed by atoms with E-state index in [0.29, 0.717) is 25.3 Å². The largest absolute Gasteiger partial charge is 0.489 e. The lowest BCUT2D eigenvalue weighted by Gasteiger charge is -2.27. The number of alkyl carbamates (subject to hydrolysis) is 1. The number of amides is 2. The van der Waals surface area contributed by atoms with Crippen molar-refractivity contribution in [3.63, 3.8) is 0 Å². The number of carbonyl (C=O) groups is 3. The second-order valence-corrected chi connectivity index (χ2v) is 12.4. The highest BCUT2D eigenvalue weighted by atomic mass is 16.6. The van der Waals surface area contributed by atoms with E-state index in [1.54, 1.807) is 46.4 Å². The van der Waals surface area contributed by atoms with E-state index in [2.05, 4.69) is 41.7 Å². The molecule has 8 heteroatoms. The number of hydrogen-bond acceptors (Lipinski definition) is 6. The Morgan fingerprint density at radius 2 is 1.48 bits per heavy atom. The highest BCUT2D eigenvalue weighted by Crippen LogP contribution is 2.32. The zero-order valence-electron chi connectivity index (χ0n) is 25.2. The number of hydrogen-bond donors (Lipinski definition) is 1. The van der Waals surface area contributed by atoms with Gasteiger partial charge in [-0.2, -0.15) is 0 Å². The predicted octanol–water partition coefficient (Wildman–Crippen LogP) is 6.45. The molecule has 0 aliphatic carbocycles. The summed E-state index contributed by atoms with van der Waals surface area (Å²) < 4.78 is 16.8. The summed E-state index contributed by atoms with van der Waals surface area (Å²) in [6, 6.07) is 22.9. The molecule has 3 aromatic rings. The van der Waals surface area contributed by atoms with Crippen molar-refractivity contribution in [3.05, 3.63) is 83.9 Å². The first-order valence-electron chi connectivity index (χ1n) is 14.2. The van der Waals surface area contributed by atoms with Gasteiger partial charge in [0.15, 0.2) is 0 Å². The van der Waals surface area contributed by atoms with Crippen molar-refractivity contribution in [2.24, 2.45) is 0 Å². The first-order valence-corrected chi connectivity index (χ1v) is 14.2. The van der Waals surface area contributed by atoms with Gasteiger partial charge >= 0.3 is 12.1 Å². The summed E-state index contributed by atoms with van der Waals surface area (Å²) in [6.07, 6.45) is -0.467. The van der Waals surface area contributed by atoms with Crippen molar-refractivity contribution in [2.75, 3.05) is 11.4 Å². The summed E-state index contributed by atoms with van der Waals surface area (Å²) in [7, 11) is 0. The molecule has 0 unspecified atom stereocenters. The van der Waals surface area contributed by atoms with Crippen molar-refractivity contribution in [3.8, 4) is 16.9 Å². The summed E-state index contributed by atoms with van der Waals surface area (Å²) in [5.74, 6) is -0.290. The van der Waals surface area contributed by atoms with Crippen LogP contribution in [0.2, 0.25) is 0 Å². The first kappa shape index (κ1) is 30.6. The van der Waals surface area contributed by atoms with Crippen LogP contribution in [0.25, 0.3) is 11.1 Å². The summed E-state index contributed by atoms with van der Waals surface area (Å²) in [5, 5.41) is 2.58. The average Bonchev–Trinajstić information content (AvgIpc) is 3.33. The number of esters is 1. The van der Waals surface area contributed by atoms with Crippen LogP contribution in [0, 0.1) is 0 Å². The van der Waals surface area contributed by atoms with Crippen LogP contribution in [-0.2, 0) is 32.1 Å². The molecule has 0 bridgehead atoms. The zero-order valence-corrected chi connectivity index (χ0v) is 25.2. The van der Waals surface area contributed by atoms with Gasteiger partial charge in [0.25, 0.3) is 0 Å². The maximum absolute atomic E-state index is 13.7. The monoisotopic (exact) mass is 572 g/mol. The third-order valence-electron chi connectivity index (χ3n) is 6.46. The van der Waals surface area contributed by atoms with Gasteiger partial charge in [0.05, 0.1) is 6.42 Å². The lowest BCUT2D eigenvalue weighted by atomic mass is 10.0. The second kappa shape index (κ2) is 12.7. The molecule has 0 spiro atoms. The zero-order chi connectivity index (χ0) is 30.5. The molecule has 1 aliphatic heterocycles. The SMILES string of the molecule is CC(C)(C)OC(=O)C[C@@H](NC(=O)OC(C)(C)C)C(=O)N1CCc2cc(OCc3ccc(-c4ccccc4)cc3)ccc21. The molecule has 2 amide bonds. The molecule has 1 atom stereocenters. The molecule has 8 nitrogen and oxygen atoms in total. The minimum atomic E-state index is -1.14. The van der Waals surface area contributed by atoms with E-state index >= 15 is 0 Å². The van der Waals surface area contributed by atoms with E-state index in [0.717, 1.165) is 27.9 Å². The molecule has 3 aromatic carbocycles. The van der Waals surface area contributed by atoms with Gasteiger partial charge < -0.3 is 24.4 Å². The van der Waals surface area contributed by atoms with Crippen molar-refractivity contribution in [1.29, 1.82) is 0 Å². The predicted molar refractivity (Wildman–Crippen MR) is 162 cm³/mol. The average molecular weight is 573 g/mol. The first-order chi connectivity index (χ1) is 19.8. The molecule has 1 N–H and O–H groups in total. The Hall–Kier alpha value is -4.33. The molecule has 0 aromatic heterocycles. The lowest BCUT2D eigenvalue weighted by Crippen LogP contribution is -2.50. The molecule has 0 saturated heterocycles. The van der Waals surface area contributed by atoms with Crippen molar-refractivity contribution in [1.82, 2.24) is 5.32 Å². The van der Waals surface area contributed by atoms with Crippen LogP contribution in [0.5, 0.6) is 5.75 Å². The van der Waals surface area contributed by atoms with Gasteiger partial charge in [-0.25, -0.2) is 4.79 Å².